The maximum absolute atomic E-state index is 13.1. The number of aromatic nitrogens is 1. The average Bonchev–Trinajstić information content (AvgIpc) is 2.76. The number of benzene rings is 2. The van der Waals surface area contributed by atoms with Crippen LogP contribution in [0.5, 0.6) is 0 Å². The summed E-state index contributed by atoms with van der Waals surface area (Å²) < 4.78 is 6.03. The molecule has 0 saturated heterocycles. The molecule has 0 aliphatic heterocycles. The van der Waals surface area contributed by atoms with Gasteiger partial charge >= 0.3 is 0 Å². The van der Waals surface area contributed by atoms with Crippen molar-refractivity contribution < 1.29 is 14.3 Å². The van der Waals surface area contributed by atoms with Gasteiger partial charge in [-0.25, -0.2) is 4.99 Å². The number of hydrogen-bond acceptors (Lipinski definition) is 5. The molecule has 2 aromatic heterocycles. The van der Waals surface area contributed by atoms with Crippen LogP contribution in [0.1, 0.15) is 21.6 Å². The highest BCUT2D eigenvalue weighted by Crippen LogP contribution is 2.24. The van der Waals surface area contributed by atoms with Gasteiger partial charge in [-0.1, -0.05) is 41.9 Å². The van der Waals surface area contributed by atoms with Crippen molar-refractivity contribution in [2.45, 2.75) is 13.5 Å². The second kappa shape index (κ2) is 8.49. The van der Waals surface area contributed by atoms with Crippen LogP contribution >= 0.6 is 11.6 Å². The van der Waals surface area contributed by atoms with E-state index in [4.69, 9.17) is 16.0 Å². The molecular weight excluding hydrogens is 402 g/mol. The predicted molar refractivity (Wildman–Crippen MR) is 116 cm³/mol. The van der Waals surface area contributed by atoms with Crippen molar-refractivity contribution in [2.75, 3.05) is 5.32 Å². The summed E-state index contributed by atoms with van der Waals surface area (Å²) in [5.74, 6) is -0.429. The number of carbonyl (C=O) groups is 1. The number of amides is 1. The lowest BCUT2D eigenvalue weighted by Gasteiger charge is -2.10. The van der Waals surface area contributed by atoms with Crippen LogP contribution in [0.4, 0.5) is 11.4 Å². The third-order valence-corrected chi connectivity index (χ3v) is 4.90. The van der Waals surface area contributed by atoms with E-state index in [0.29, 0.717) is 38.6 Å². The van der Waals surface area contributed by atoms with Gasteiger partial charge in [0.1, 0.15) is 5.56 Å². The Morgan fingerprint density at radius 1 is 1.17 bits per heavy atom. The molecule has 30 heavy (non-hydrogen) atoms. The summed E-state index contributed by atoms with van der Waals surface area (Å²) in [5.41, 5.74) is 3.11. The molecule has 0 fully saturated rings. The van der Waals surface area contributed by atoms with Gasteiger partial charge in [0, 0.05) is 17.1 Å². The SMILES string of the molecule is Cc1ncc(CO)c2cc(C(=O)Nc3ccccc3Cl)c(=Nc3ccccc3)oc12. The molecule has 0 spiro atoms. The molecule has 0 saturated carbocycles. The first kappa shape index (κ1) is 19.8. The molecule has 0 atom stereocenters. The van der Waals surface area contributed by atoms with Crippen LogP contribution in [0.3, 0.4) is 0 Å². The Balaban J connectivity index is 1.93. The standard InChI is InChI=1S/C23H18ClN3O3/c1-14-21-17(15(13-28)12-25-14)11-18(22(29)27-20-10-6-5-9-19(20)24)23(30-21)26-16-7-3-2-4-8-16/h2-12,28H,13H2,1H3,(H,27,29). The van der Waals surface area contributed by atoms with E-state index in [0.717, 1.165) is 0 Å². The molecule has 0 aliphatic rings. The summed E-state index contributed by atoms with van der Waals surface area (Å²) in [6, 6.07) is 17.8. The van der Waals surface area contributed by atoms with Gasteiger partial charge in [-0.2, -0.15) is 0 Å². The lowest BCUT2D eigenvalue weighted by atomic mass is 10.1. The van der Waals surface area contributed by atoms with Gasteiger partial charge in [-0.05, 0) is 37.3 Å². The maximum atomic E-state index is 13.1. The van der Waals surface area contributed by atoms with Gasteiger partial charge in [0.2, 0.25) is 5.55 Å². The molecule has 1 amide bonds. The van der Waals surface area contributed by atoms with Crippen molar-refractivity contribution in [2.24, 2.45) is 4.99 Å². The molecule has 6 nitrogen and oxygen atoms in total. The van der Waals surface area contributed by atoms with Crippen LogP contribution in [0.2, 0.25) is 5.02 Å². The number of carbonyl (C=O) groups excluding carboxylic acids is 1. The summed E-state index contributed by atoms with van der Waals surface area (Å²) >= 11 is 6.19. The van der Waals surface area contributed by atoms with Crippen LogP contribution < -0.4 is 10.9 Å². The quantitative estimate of drug-likeness (QED) is 0.499. The van der Waals surface area contributed by atoms with Crippen LogP contribution in [-0.4, -0.2) is 16.0 Å². The summed E-state index contributed by atoms with van der Waals surface area (Å²) in [5, 5.41) is 13.5. The molecule has 0 bridgehead atoms. The minimum atomic E-state index is -0.429. The van der Waals surface area contributed by atoms with E-state index >= 15 is 0 Å². The van der Waals surface area contributed by atoms with Gasteiger partial charge < -0.3 is 14.8 Å². The van der Waals surface area contributed by atoms with Crippen molar-refractivity contribution in [3.05, 3.63) is 94.3 Å². The van der Waals surface area contributed by atoms with Crippen LogP contribution in [0, 0.1) is 6.92 Å². The first-order chi connectivity index (χ1) is 14.6. The topological polar surface area (TPSA) is 87.7 Å². The fraction of sp³-hybridized carbons (Fsp3) is 0.0870. The van der Waals surface area contributed by atoms with Crippen molar-refractivity contribution in [1.29, 1.82) is 0 Å². The fourth-order valence-electron chi connectivity index (χ4n) is 3.03. The highest BCUT2D eigenvalue weighted by atomic mass is 35.5. The number of aliphatic hydroxyl groups excluding tert-OH is 1. The number of fused-ring (bicyclic) bond motifs is 1. The van der Waals surface area contributed by atoms with Crippen LogP contribution in [0.25, 0.3) is 11.0 Å². The highest BCUT2D eigenvalue weighted by molar-refractivity contribution is 6.33. The lowest BCUT2D eigenvalue weighted by molar-refractivity contribution is 0.102. The Kier molecular flexibility index (Phi) is 5.61. The number of pyridine rings is 1. The lowest BCUT2D eigenvalue weighted by Crippen LogP contribution is -2.22. The zero-order valence-electron chi connectivity index (χ0n) is 16.1. The van der Waals surface area contributed by atoms with Crippen molar-refractivity contribution in [1.82, 2.24) is 4.98 Å². The molecule has 150 valence electrons. The zero-order valence-corrected chi connectivity index (χ0v) is 16.8. The van der Waals surface area contributed by atoms with E-state index in [-0.39, 0.29) is 17.7 Å². The van der Waals surface area contributed by atoms with Crippen LogP contribution in [-0.2, 0) is 6.61 Å². The van der Waals surface area contributed by atoms with Gasteiger partial charge in [-0.15, -0.1) is 0 Å². The molecule has 0 radical (unpaired) electrons. The highest BCUT2D eigenvalue weighted by Gasteiger charge is 2.17. The van der Waals surface area contributed by atoms with E-state index in [1.54, 1.807) is 43.5 Å². The number of nitrogens with one attached hydrogen (secondary N) is 1. The minimum absolute atomic E-state index is 0.137. The normalized spacial score (nSPS) is 11.6. The molecule has 4 aromatic rings. The summed E-state index contributed by atoms with van der Waals surface area (Å²) in [6.07, 6.45) is 1.57. The second-order valence-corrected chi connectivity index (χ2v) is 7.02. The van der Waals surface area contributed by atoms with Gasteiger partial charge in [0.15, 0.2) is 5.58 Å². The Bertz CT molecular complexity index is 1300. The molecular formula is C23H18ClN3O3. The number of para-hydroxylation sites is 2. The van der Waals surface area contributed by atoms with E-state index in [9.17, 15) is 9.90 Å². The minimum Gasteiger partial charge on any atom is -0.436 e. The summed E-state index contributed by atoms with van der Waals surface area (Å²) in [4.78, 5) is 21.9. The Morgan fingerprint density at radius 2 is 1.90 bits per heavy atom. The Labute approximate surface area is 177 Å². The third-order valence-electron chi connectivity index (χ3n) is 4.57. The number of halogens is 1. The molecule has 2 N–H and O–H groups in total. The number of aliphatic hydroxyl groups is 1. The Hall–Kier alpha value is -3.48. The van der Waals surface area contributed by atoms with Crippen LogP contribution in [0.15, 0.2) is 76.3 Å². The zero-order chi connectivity index (χ0) is 21.1. The van der Waals surface area contributed by atoms with Crippen molar-refractivity contribution in [3.63, 3.8) is 0 Å². The number of aryl methyl sites for hydroxylation is 1. The van der Waals surface area contributed by atoms with Crippen molar-refractivity contribution in [3.8, 4) is 0 Å². The maximum Gasteiger partial charge on any atom is 0.261 e. The molecule has 2 heterocycles. The summed E-state index contributed by atoms with van der Waals surface area (Å²) in [6.45, 7) is 1.56. The van der Waals surface area contributed by atoms with E-state index in [2.05, 4.69) is 15.3 Å². The van der Waals surface area contributed by atoms with E-state index in [1.165, 1.54) is 0 Å². The molecule has 0 aliphatic carbocycles. The van der Waals surface area contributed by atoms with Gasteiger partial charge in [0.05, 0.1) is 28.7 Å². The first-order valence-electron chi connectivity index (χ1n) is 9.25. The number of rotatable bonds is 4. The smallest absolute Gasteiger partial charge is 0.261 e. The van der Waals surface area contributed by atoms with Gasteiger partial charge in [0.25, 0.3) is 5.91 Å². The number of nitrogens with zero attached hydrogens (tertiary/aromatic N) is 2. The largest absolute Gasteiger partial charge is 0.436 e. The van der Waals surface area contributed by atoms with E-state index in [1.807, 2.05) is 30.3 Å². The fourth-order valence-corrected chi connectivity index (χ4v) is 3.22. The number of hydrogen-bond donors (Lipinski definition) is 2. The average molecular weight is 420 g/mol. The molecule has 0 unspecified atom stereocenters. The number of anilines is 1. The Morgan fingerprint density at radius 3 is 2.63 bits per heavy atom. The first-order valence-corrected chi connectivity index (χ1v) is 9.63. The summed E-state index contributed by atoms with van der Waals surface area (Å²) in [7, 11) is 0. The molecule has 2 aromatic carbocycles. The van der Waals surface area contributed by atoms with E-state index < -0.39 is 5.91 Å². The van der Waals surface area contributed by atoms with Gasteiger partial charge in [-0.3, -0.25) is 9.78 Å². The molecule has 4 rings (SSSR count). The predicted octanol–water partition coefficient (Wildman–Crippen LogP) is 4.77. The van der Waals surface area contributed by atoms with Crippen molar-refractivity contribution >= 4 is 39.9 Å². The molecule has 7 heteroatoms. The third kappa shape index (κ3) is 3.96. The second-order valence-electron chi connectivity index (χ2n) is 6.62. The monoisotopic (exact) mass is 419 g/mol.